The summed E-state index contributed by atoms with van der Waals surface area (Å²) in [5, 5.41) is 16.1. The predicted molar refractivity (Wildman–Crippen MR) is 77.5 cm³/mol. The normalized spacial score (nSPS) is 19.6. The smallest absolute Gasteiger partial charge is 0.276 e. The van der Waals surface area contributed by atoms with E-state index in [1.54, 1.807) is 0 Å². The highest BCUT2D eigenvalue weighted by molar-refractivity contribution is 5.98. The van der Waals surface area contributed by atoms with E-state index in [9.17, 15) is 4.79 Å². The van der Waals surface area contributed by atoms with E-state index >= 15 is 0 Å². The number of H-pyrrole nitrogens is 1. The number of nitrogens with one attached hydrogen (secondary N) is 1. The number of aromatic amines is 1. The minimum atomic E-state index is -0.121. The maximum atomic E-state index is 12.6. The molecule has 0 saturated carbocycles. The van der Waals surface area contributed by atoms with Gasteiger partial charge in [0.15, 0.2) is 5.69 Å². The summed E-state index contributed by atoms with van der Waals surface area (Å²) in [6.45, 7) is 4.83. The fourth-order valence-corrected chi connectivity index (χ4v) is 2.82. The Morgan fingerprint density at radius 1 is 1.55 bits per heavy atom. The lowest BCUT2D eigenvalue weighted by molar-refractivity contribution is 0.0569. The third kappa shape index (κ3) is 2.80. The van der Waals surface area contributed by atoms with Crippen molar-refractivity contribution in [3.8, 4) is 0 Å². The van der Waals surface area contributed by atoms with E-state index in [1.165, 1.54) is 0 Å². The van der Waals surface area contributed by atoms with E-state index in [1.807, 2.05) is 18.7 Å². The number of carbonyl (C=O) groups excluding carboxylic acids is 1. The van der Waals surface area contributed by atoms with Crippen molar-refractivity contribution < 1.29 is 9.90 Å². The SMILES string of the molecule is CC(C)c1[nH]nc(C(=O)N2CCCCC2CCO)c1N. The molecule has 4 N–H and O–H groups in total. The van der Waals surface area contributed by atoms with Crippen molar-refractivity contribution in [3.63, 3.8) is 0 Å². The zero-order chi connectivity index (χ0) is 14.7. The van der Waals surface area contributed by atoms with Gasteiger partial charge in [0.2, 0.25) is 0 Å². The van der Waals surface area contributed by atoms with Crippen molar-refractivity contribution in [3.05, 3.63) is 11.4 Å². The molecule has 1 saturated heterocycles. The molecule has 112 valence electrons. The van der Waals surface area contributed by atoms with Crippen LogP contribution in [0.2, 0.25) is 0 Å². The van der Waals surface area contributed by atoms with Crippen molar-refractivity contribution in [1.82, 2.24) is 15.1 Å². The van der Waals surface area contributed by atoms with Crippen molar-refractivity contribution >= 4 is 11.6 Å². The fraction of sp³-hybridized carbons (Fsp3) is 0.714. The first kappa shape index (κ1) is 14.8. The highest BCUT2D eigenvalue weighted by atomic mass is 16.3. The van der Waals surface area contributed by atoms with Gasteiger partial charge in [-0.05, 0) is 31.6 Å². The summed E-state index contributed by atoms with van der Waals surface area (Å²) in [7, 11) is 0. The molecule has 6 nitrogen and oxygen atoms in total. The number of rotatable bonds is 4. The Morgan fingerprint density at radius 3 is 2.90 bits per heavy atom. The Balaban J connectivity index is 2.21. The molecule has 1 unspecified atom stereocenters. The Kier molecular flexibility index (Phi) is 4.65. The molecule has 1 aromatic rings. The van der Waals surface area contributed by atoms with E-state index in [2.05, 4.69) is 10.2 Å². The molecule has 1 aliphatic rings. The van der Waals surface area contributed by atoms with E-state index in [4.69, 9.17) is 10.8 Å². The standard InChI is InChI=1S/C14H24N4O2/c1-9(2)12-11(15)13(17-16-12)14(20)18-7-4-3-5-10(18)6-8-19/h9-10,19H,3-8,15H2,1-2H3,(H,16,17). The van der Waals surface area contributed by atoms with Crippen LogP contribution in [-0.2, 0) is 0 Å². The summed E-state index contributed by atoms with van der Waals surface area (Å²) in [5.74, 6) is 0.0856. The number of aliphatic hydroxyl groups excluding tert-OH is 1. The molecule has 2 rings (SSSR count). The Hall–Kier alpha value is -1.56. The number of piperidine rings is 1. The minimum Gasteiger partial charge on any atom is -0.396 e. The molecule has 20 heavy (non-hydrogen) atoms. The zero-order valence-corrected chi connectivity index (χ0v) is 12.2. The van der Waals surface area contributed by atoms with E-state index in [-0.39, 0.29) is 24.5 Å². The number of carbonyl (C=O) groups is 1. The number of hydrogen-bond acceptors (Lipinski definition) is 4. The van der Waals surface area contributed by atoms with Crippen LogP contribution in [0.4, 0.5) is 5.69 Å². The summed E-state index contributed by atoms with van der Waals surface area (Å²) < 4.78 is 0. The highest BCUT2D eigenvalue weighted by Crippen LogP contribution is 2.26. The molecule has 0 bridgehead atoms. The molecule has 6 heteroatoms. The number of amides is 1. The van der Waals surface area contributed by atoms with Crippen LogP contribution in [0.1, 0.15) is 61.6 Å². The Bertz CT molecular complexity index is 468. The lowest BCUT2D eigenvalue weighted by Gasteiger charge is -2.35. The van der Waals surface area contributed by atoms with Gasteiger partial charge in [-0.15, -0.1) is 0 Å². The number of nitrogen functional groups attached to an aromatic ring is 1. The van der Waals surface area contributed by atoms with Gasteiger partial charge in [0.1, 0.15) is 0 Å². The molecule has 0 aromatic carbocycles. The molecule has 1 fully saturated rings. The van der Waals surface area contributed by atoms with Crippen LogP contribution in [0.3, 0.4) is 0 Å². The molecule has 1 amide bonds. The highest BCUT2D eigenvalue weighted by Gasteiger charge is 2.30. The first-order valence-electron chi connectivity index (χ1n) is 7.31. The van der Waals surface area contributed by atoms with Crippen molar-refractivity contribution in [1.29, 1.82) is 0 Å². The molecule has 2 heterocycles. The first-order valence-corrected chi connectivity index (χ1v) is 7.31. The molecule has 0 spiro atoms. The van der Waals surface area contributed by atoms with E-state index < -0.39 is 0 Å². The van der Waals surface area contributed by atoms with Crippen LogP contribution in [0, 0.1) is 0 Å². The van der Waals surface area contributed by atoms with E-state index in [0.29, 0.717) is 24.3 Å². The number of anilines is 1. The van der Waals surface area contributed by atoms with Crippen LogP contribution in [0.25, 0.3) is 0 Å². The number of aliphatic hydroxyl groups is 1. The Morgan fingerprint density at radius 2 is 2.30 bits per heavy atom. The average Bonchev–Trinajstić information content (AvgIpc) is 2.81. The fourth-order valence-electron chi connectivity index (χ4n) is 2.82. The Labute approximate surface area is 119 Å². The van der Waals surface area contributed by atoms with Gasteiger partial charge in [-0.2, -0.15) is 5.10 Å². The van der Waals surface area contributed by atoms with Gasteiger partial charge in [0.05, 0.1) is 11.4 Å². The van der Waals surface area contributed by atoms with Crippen LogP contribution < -0.4 is 5.73 Å². The number of hydrogen-bond donors (Lipinski definition) is 3. The molecule has 0 aliphatic carbocycles. The zero-order valence-electron chi connectivity index (χ0n) is 12.2. The summed E-state index contributed by atoms with van der Waals surface area (Å²) in [4.78, 5) is 14.4. The third-order valence-corrected chi connectivity index (χ3v) is 3.96. The first-order chi connectivity index (χ1) is 9.56. The molecule has 0 radical (unpaired) electrons. The summed E-state index contributed by atoms with van der Waals surface area (Å²) in [6, 6.07) is 0.0971. The van der Waals surface area contributed by atoms with Gasteiger partial charge in [-0.25, -0.2) is 0 Å². The van der Waals surface area contributed by atoms with Crippen molar-refractivity contribution in [2.75, 3.05) is 18.9 Å². The van der Waals surface area contributed by atoms with E-state index in [0.717, 1.165) is 25.0 Å². The monoisotopic (exact) mass is 280 g/mol. The number of nitrogens with zero attached hydrogens (tertiary/aromatic N) is 2. The topological polar surface area (TPSA) is 95.2 Å². The number of aromatic nitrogens is 2. The number of nitrogens with two attached hydrogens (primary N) is 1. The van der Waals surface area contributed by atoms with Gasteiger partial charge < -0.3 is 15.7 Å². The quantitative estimate of drug-likeness (QED) is 0.778. The molecular formula is C14H24N4O2. The van der Waals surface area contributed by atoms with Gasteiger partial charge in [0.25, 0.3) is 5.91 Å². The third-order valence-electron chi connectivity index (χ3n) is 3.96. The maximum Gasteiger partial charge on any atom is 0.276 e. The van der Waals surface area contributed by atoms with Gasteiger partial charge in [0, 0.05) is 19.2 Å². The lowest BCUT2D eigenvalue weighted by Crippen LogP contribution is -2.44. The molecule has 1 atom stereocenters. The van der Waals surface area contributed by atoms with Crippen LogP contribution >= 0.6 is 0 Å². The maximum absolute atomic E-state index is 12.6. The minimum absolute atomic E-state index is 0.0971. The van der Waals surface area contributed by atoms with Crippen LogP contribution in [0.15, 0.2) is 0 Å². The van der Waals surface area contributed by atoms with Gasteiger partial charge >= 0.3 is 0 Å². The summed E-state index contributed by atoms with van der Waals surface area (Å²) in [5.41, 5.74) is 7.62. The molecular weight excluding hydrogens is 256 g/mol. The summed E-state index contributed by atoms with van der Waals surface area (Å²) >= 11 is 0. The molecule has 1 aliphatic heterocycles. The second-order valence-electron chi connectivity index (χ2n) is 5.71. The second-order valence-corrected chi connectivity index (χ2v) is 5.71. The molecule has 1 aromatic heterocycles. The van der Waals surface area contributed by atoms with Crippen LogP contribution in [0.5, 0.6) is 0 Å². The van der Waals surface area contributed by atoms with Gasteiger partial charge in [-0.1, -0.05) is 13.8 Å². The average molecular weight is 280 g/mol. The largest absolute Gasteiger partial charge is 0.396 e. The predicted octanol–water partition coefficient (Wildman–Crippen LogP) is 1.49. The van der Waals surface area contributed by atoms with Crippen molar-refractivity contribution in [2.24, 2.45) is 0 Å². The van der Waals surface area contributed by atoms with Crippen LogP contribution in [-0.4, -0.2) is 45.3 Å². The second kappa shape index (κ2) is 6.26. The van der Waals surface area contributed by atoms with Gasteiger partial charge in [-0.3, -0.25) is 9.89 Å². The van der Waals surface area contributed by atoms with Crippen molar-refractivity contribution in [2.45, 2.75) is 51.5 Å². The summed E-state index contributed by atoms with van der Waals surface area (Å²) in [6.07, 6.45) is 3.65. The lowest BCUT2D eigenvalue weighted by atomic mass is 9.99. The number of likely N-dealkylation sites (tertiary alicyclic amines) is 1.